The lowest BCUT2D eigenvalue weighted by atomic mass is 10.2. The molecule has 0 radical (unpaired) electrons. The van der Waals surface area contributed by atoms with E-state index in [4.69, 9.17) is 5.73 Å². The lowest BCUT2D eigenvalue weighted by Crippen LogP contribution is -2.04. The average molecular weight is 224 g/mol. The smallest absolute Gasteiger partial charge is 0.113 e. The van der Waals surface area contributed by atoms with Gasteiger partial charge in [0.15, 0.2) is 0 Å². The monoisotopic (exact) mass is 224 g/mol. The summed E-state index contributed by atoms with van der Waals surface area (Å²) in [6, 6.07) is 15.7. The zero-order valence-electron chi connectivity index (χ0n) is 9.24. The summed E-state index contributed by atoms with van der Waals surface area (Å²) in [6.07, 6.45) is 0. The SMILES string of the molecule is Nc1ccccc1Cn1nnc2ccccc21. The Kier molecular flexibility index (Phi) is 2.26. The molecule has 17 heavy (non-hydrogen) atoms. The minimum atomic E-state index is 0.646. The van der Waals surface area contributed by atoms with Crippen LogP contribution in [0.1, 0.15) is 5.56 Å². The zero-order chi connectivity index (χ0) is 11.7. The van der Waals surface area contributed by atoms with Crippen LogP contribution in [0.25, 0.3) is 11.0 Å². The van der Waals surface area contributed by atoms with Gasteiger partial charge in [-0.3, -0.25) is 0 Å². The molecule has 0 bridgehead atoms. The van der Waals surface area contributed by atoms with Crippen molar-refractivity contribution < 1.29 is 0 Å². The van der Waals surface area contributed by atoms with Gasteiger partial charge in [-0.1, -0.05) is 35.5 Å². The van der Waals surface area contributed by atoms with Gasteiger partial charge in [-0.15, -0.1) is 5.10 Å². The lowest BCUT2D eigenvalue weighted by Gasteiger charge is -2.05. The number of aromatic nitrogens is 3. The lowest BCUT2D eigenvalue weighted by molar-refractivity contribution is 0.671. The number of nitrogens with two attached hydrogens (primary N) is 1. The topological polar surface area (TPSA) is 56.7 Å². The van der Waals surface area contributed by atoms with E-state index in [0.29, 0.717) is 6.54 Å². The standard InChI is InChI=1S/C13H12N4/c14-11-6-2-1-5-10(11)9-17-13-8-4-3-7-12(13)15-16-17/h1-8H,9,14H2. The molecule has 0 amide bonds. The summed E-state index contributed by atoms with van der Waals surface area (Å²) in [4.78, 5) is 0. The summed E-state index contributed by atoms with van der Waals surface area (Å²) in [5.74, 6) is 0. The van der Waals surface area contributed by atoms with Gasteiger partial charge in [0.25, 0.3) is 0 Å². The van der Waals surface area contributed by atoms with E-state index in [2.05, 4.69) is 10.3 Å². The molecule has 0 saturated carbocycles. The molecule has 3 aromatic rings. The van der Waals surface area contributed by atoms with Crippen molar-refractivity contribution in [2.75, 3.05) is 5.73 Å². The van der Waals surface area contributed by atoms with Crippen molar-refractivity contribution in [3.05, 3.63) is 54.1 Å². The van der Waals surface area contributed by atoms with Crippen molar-refractivity contribution in [3.63, 3.8) is 0 Å². The molecule has 1 heterocycles. The molecule has 4 heteroatoms. The molecule has 0 spiro atoms. The van der Waals surface area contributed by atoms with Gasteiger partial charge in [-0.2, -0.15) is 0 Å². The van der Waals surface area contributed by atoms with Gasteiger partial charge in [0.05, 0.1) is 12.1 Å². The third kappa shape index (κ3) is 1.73. The Hall–Kier alpha value is -2.36. The second-order valence-electron chi connectivity index (χ2n) is 3.93. The Morgan fingerprint density at radius 3 is 2.65 bits per heavy atom. The van der Waals surface area contributed by atoms with Crippen LogP contribution >= 0.6 is 0 Å². The first-order valence-corrected chi connectivity index (χ1v) is 5.46. The molecule has 1 aromatic heterocycles. The van der Waals surface area contributed by atoms with Gasteiger partial charge in [-0.25, -0.2) is 4.68 Å². The van der Waals surface area contributed by atoms with Gasteiger partial charge >= 0.3 is 0 Å². The number of para-hydroxylation sites is 2. The number of benzene rings is 2. The number of nitrogens with zero attached hydrogens (tertiary/aromatic N) is 3. The summed E-state index contributed by atoms with van der Waals surface area (Å²) in [7, 11) is 0. The van der Waals surface area contributed by atoms with E-state index < -0.39 is 0 Å². The second kappa shape index (κ2) is 3.90. The fourth-order valence-electron chi connectivity index (χ4n) is 1.87. The Morgan fingerprint density at radius 1 is 1.00 bits per heavy atom. The van der Waals surface area contributed by atoms with Crippen LogP contribution in [-0.2, 0) is 6.54 Å². The number of anilines is 1. The van der Waals surface area contributed by atoms with Crippen LogP contribution in [0.15, 0.2) is 48.5 Å². The van der Waals surface area contributed by atoms with Crippen LogP contribution < -0.4 is 5.73 Å². The molecule has 0 atom stereocenters. The summed E-state index contributed by atoms with van der Waals surface area (Å²) in [5, 5.41) is 8.26. The van der Waals surface area contributed by atoms with Crippen LogP contribution in [0.5, 0.6) is 0 Å². The van der Waals surface area contributed by atoms with Crippen LogP contribution in [0.2, 0.25) is 0 Å². The first kappa shape index (κ1) is 9.84. The molecular formula is C13H12N4. The summed E-state index contributed by atoms with van der Waals surface area (Å²) < 4.78 is 1.86. The second-order valence-corrected chi connectivity index (χ2v) is 3.93. The molecule has 84 valence electrons. The highest BCUT2D eigenvalue weighted by molar-refractivity contribution is 5.74. The minimum absolute atomic E-state index is 0.646. The number of rotatable bonds is 2. The molecule has 2 aromatic carbocycles. The molecule has 2 N–H and O–H groups in total. The molecular weight excluding hydrogens is 212 g/mol. The van der Waals surface area contributed by atoms with E-state index in [1.165, 1.54) is 0 Å². The largest absolute Gasteiger partial charge is 0.398 e. The maximum absolute atomic E-state index is 5.92. The predicted molar refractivity (Wildman–Crippen MR) is 67.5 cm³/mol. The van der Waals surface area contributed by atoms with Crippen LogP contribution in [0.4, 0.5) is 5.69 Å². The van der Waals surface area contributed by atoms with Gasteiger partial charge < -0.3 is 5.73 Å². The maximum atomic E-state index is 5.92. The van der Waals surface area contributed by atoms with Crippen molar-refractivity contribution >= 4 is 16.7 Å². The van der Waals surface area contributed by atoms with E-state index in [0.717, 1.165) is 22.3 Å². The molecule has 3 rings (SSSR count). The highest BCUT2D eigenvalue weighted by Crippen LogP contribution is 2.15. The normalized spacial score (nSPS) is 10.8. The Morgan fingerprint density at radius 2 is 1.76 bits per heavy atom. The Balaban J connectivity index is 2.03. The number of hydrogen-bond donors (Lipinski definition) is 1. The van der Waals surface area contributed by atoms with Gasteiger partial charge in [0.2, 0.25) is 0 Å². The summed E-state index contributed by atoms with van der Waals surface area (Å²) in [6.45, 7) is 0.646. The van der Waals surface area contributed by atoms with Gasteiger partial charge in [0.1, 0.15) is 5.52 Å². The molecule has 0 fully saturated rings. The molecule has 0 saturated heterocycles. The van der Waals surface area contributed by atoms with Crippen LogP contribution in [0.3, 0.4) is 0 Å². The quantitative estimate of drug-likeness (QED) is 0.678. The van der Waals surface area contributed by atoms with Crippen molar-refractivity contribution in [2.45, 2.75) is 6.54 Å². The first-order valence-electron chi connectivity index (χ1n) is 5.46. The van der Waals surface area contributed by atoms with Gasteiger partial charge in [-0.05, 0) is 23.8 Å². The van der Waals surface area contributed by atoms with E-state index in [1.807, 2.05) is 53.2 Å². The van der Waals surface area contributed by atoms with Crippen molar-refractivity contribution in [3.8, 4) is 0 Å². The van der Waals surface area contributed by atoms with Crippen molar-refractivity contribution in [1.82, 2.24) is 15.0 Å². The summed E-state index contributed by atoms with van der Waals surface area (Å²) in [5.41, 5.74) is 9.69. The number of fused-ring (bicyclic) bond motifs is 1. The number of hydrogen-bond acceptors (Lipinski definition) is 3. The van der Waals surface area contributed by atoms with Crippen LogP contribution in [-0.4, -0.2) is 15.0 Å². The fraction of sp³-hybridized carbons (Fsp3) is 0.0769. The molecule has 4 nitrogen and oxygen atoms in total. The Labute approximate surface area is 98.7 Å². The average Bonchev–Trinajstić information content (AvgIpc) is 2.76. The predicted octanol–water partition coefficient (Wildman–Crippen LogP) is 2.06. The van der Waals surface area contributed by atoms with Gasteiger partial charge in [0, 0.05) is 5.69 Å². The highest BCUT2D eigenvalue weighted by atomic mass is 15.4. The fourth-order valence-corrected chi connectivity index (χ4v) is 1.87. The molecule has 0 unspecified atom stereocenters. The maximum Gasteiger partial charge on any atom is 0.113 e. The van der Waals surface area contributed by atoms with Crippen molar-refractivity contribution in [1.29, 1.82) is 0 Å². The Bertz CT molecular complexity index is 657. The van der Waals surface area contributed by atoms with E-state index in [-0.39, 0.29) is 0 Å². The van der Waals surface area contributed by atoms with Crippen LogP contribution in [0, 0.1) is 0 Å². The third-order valence-corrected chi connectivity index (χ3v) is 2.80. The van der Waals surface area contributed by atoms with E-state index in [9.17, 15) is 0 Å². The highest BCUT2D eigenvalue weighted by Gasteiger charge is 2.05. The third-order valence-electron chi connectivity index (χ3n) is 2.80. The first-order chi connectivity index (χ1) is 8.34. The minimum Gasteiger partial charge on any atom is -0.398 e. The van der Waals surface area contributed by atoms with Crippen molar-refractivity contribution in [2.24, 2.45) is 0 Å². The van der Waals surface area contributed by atoms with E-state index in [1.54, 1.807) is 0 Å². The molecule has 0 aliphatic carbocycles. The molecule has 0 aliphatic heterocycles. The number of nitrogen functional groups attached to an aromatic ring is 1. The molecule has 0 aliphatic rings. The zero-order valence-corrected chi connectivity index (χ0v) is 9.24. The summed E-state index contributed by atoms with van der Waals surface area (Å²) >= 11 is 0. The van der Waals surface area contributed by atoms with E-state index >= 15 is 0 Å².